The fourth-order valence-electron chi connectivity index (χ4n) is 4.73. The van der Waals surface area contributed by atoms with Gasteiger partial charge in [0.05, 0.1) is 17.1 Å². The summed E-state index contributed by atoms with van der Waals surface area (Å²) < 4.78 is 29.9. The number of para-hydroxylation sites is 1. The third-order valence-corrected chi connectivity index (χ3v) is 7.15. The summed E-state index contributed by atoms with van der Waals surface area (Å²) >= 11 is 6.43. The zero-order valence-electron chi connectivity index (χ0n) is 22.6. The molecule has 0 radical (unpaired) electrons. The van der Waals surface area contributed by atoms with Gasteiger partial charge in [0.25, 0.3) is 11.8 Å². The molecule has 0 fully saturated rings. The normalized spacial score (nSPS) is 11.4. The Kier molecular flexibility index (Phi) is 8.60. The average molecular weight is 611 g/mol. The molecule has 0 aliphatic heterocycles. The van der Waals surface area contributed by atoms with Gasteiger partial charge in [-0.1, -0.05) is 54.1 Å². The van der Waals surface area contributed by atoms with Crippen molar-refractivity contribution in [2.75, 3.05) is 5.32 Å². The molecule has 0 aliphatic rings. The number of nitrogens with one attached hydrogen (secondary N) is 2. The van der Waals surface area contributed by atoms with Crippen LogP contribution in [-0.4, -0.2) is 33.9 Å². The van der Waals surface area contributed by atoms with Crippen LogP contribution < -0.4 is 10.6 Å². The lowest BCUT2D eigenvalue weighted by molar-refractivity contribution is -0.139. The molecular formula is C33H21ClF2N4O4. The standard InChI is InChI=1S/C33H21ClF2N4O4/c34-25-13-18(17-37)8-10-23(25)24-11-9-19(22-7-4-12-38-30(22)24)16-28(33(43)44)40-32(42)29-26(35)14-20(15-27(29)36)31(41)39-21-5-2-1-3-6-21/h1-15,28H,16H2,(H,39,41)(H,40,42)(H,43,44). The minimum atomic E-state index is -1.57. The first-order valence-corrected chi connectivity index (χ1v) is 13.5. The number of hydrogen-bond donors (Lipinski definition) is 3. The van der Waals surface area contributed by atoms with Gasteiger partial charge in [0.1, 0.15) is 23.2 Å². The zero-order valence-corrected chi connectivity index (χ0v) is 23.4. The molecule has 1 heterocycles. The van der Waals surface area contributed by atoms with Gasteiger partial charge in [-0.15, -0.1) is 0 Å². The molecule has 1 unspecified atom stereocenters. The number of nitrogens with zero attached hydrogens (tertiary/aromatic N) is 2. The maximum Gasteiger partial charge on any atom is 0.326 e. The number of rotatable bonds is 8. The highest BCUT2D eigenvalue weighted by molar-refractivity contribution is 6.33. The van der Waals surface area contributed by atoms with Gasteiger partial charge >= 0.3 is 5.97 Å². The van der Waals surface area contributed by atoms with Gasteiger partial charge in [0, 0.05) is 45.4 Å². The molecule has 2 amide bonds. The lowest BCUT2D eigenvalue weighted by Crippen LogP contribution is -2.43. The number of carboxylic acid groups (broad SMARTS) is 1. The largest absolute Gasteiger partial charge is 0.480 e. The maximum absolute atomic E-state index is 15.0. The third kappa shape index (κ3) is 6.23. The summed E-state index contributed by atoms with van der Waals surface area (Å²) in [5, 5.41) is 24.6. The van der Waals surface area contributed by atoms with Crippen LogP contribution in [0.2, 0.25) is 5.02 Å². The summed E-state index contributed by atoms with van der Waals surface area (Å²) in [4.78, 5) is 42.1. The van der Waals surface area contributed by atoms with E-state index < -0.39 is 41.0 Å². The summed E-state index contributed by atoms with van der Waals surface area (Å²) in [5.74, 6) is -6.19. The monoisotopic (exact) mass is 610 g/mol. The number of anilines is 1. The molecule has 0 aliphatic carbocycles. The number of carbonyl (C=O) groups is 3. The van der Waals surface area contributed by atoms with E-state index in [2.05, 4.69) is 15.6 Å². The van der Waals surface area contributed by atoms with E-state index in [1.165, 1.54) is 6.07 Å². The van der Waals surface area contributed by atoms with Gasteiger partial charge in [0.2, 0.25) is 0 Å². The Morgan fingerprint density at radius 3 is 2.27 bits per heavy atom. The number of amides is 2. The van der Waals surface area contributed by atoms with E-state index in [9.17, 15) is 28.3 Å². The molecule has 3 N–H and O–H groups in total. The molecule has 11 heteroatoms. The van der Waals surface area contributed by atoms with Crippen molar-refractivity contribution >= 4 is 46.0 Å². The second-order valence-electron chi connectivity index (χ2n) is 9.68. The first kappa shape index (κ1) is 29.8. The van der Waals surface area contributed by atoms with Gasteiger partial charge in [0.15, 0.2) is 0 Å². The maximum atomic E-state index is 15.0. The van der Waals surface area contributed by atoms with E-state index in [0.29, 0.717) is 56.0 Å². The number of benzene rings is 4. The minimum Gasteiger partial charge on any atom is -0.480 e. The smallest absolute Gasteiger partial charge is 0.326 e. The van der Waals surface area contributed by atoms with Crippen molar-refractivity contribution in [3.63, 3.8) is 0 Å². The van der Waals surface area contributed by atoms with Crippen molar-refractivity contribution in [1.29, 1.82) is 5.26 Å². The molecule has 0 saturated carbocycles. The number of pyridine rings is 1. The molecule has 218 valence electrons. The Bertz CT molecular complexity index is 1960. The molecule has 0 saturated heterocycles. The zero-order chi connectivity index (χ0) is 31.4. The summed E-state index contributed by atoms with van der Waals surface area (Å²) in [7, 11) is 0. The number of hydrogen-bond acceptors (Lipinski definition) is 5. The Labute approximate surface area is 254 Å². The highest BCUT2D eigenvalue weighted by Gasteiger charge is 2.27. The highest BCUT2D eigenvalue weighted by Crippen LogP contribution is 2.35. The number of carboxylic acids is 1. The fraction of sp³-hybridized carbons (Fsp3) is 0.0606. The van der Waals surface area contributed by atoms with Crippen LogP contribution in [0, 0.1) is 23.0 Å². The Balaban J connectivity index is 1.40. The van der Waals surface area contributed by atoms with Crippen LogP contribution in [0.4, 0.5) is 14.5 Å². The van der Waals surface area contributed by atoms with E-state index >= 15 is 0 Å². The van der Waals surface area contributed by atoms with Crippen molar-refractivity contribution in [2.24, 2.45) is 0 Å². The lowest BCUT2D eigenvalue weighted by atomic mass is 9.94. The van der Waals surface area contributed by atoms with Crippen LogP contribution in [-0.2, 0) is 11.2 Å². The van der Waals surface area contributed by atoms with Crippen LogP contribution in [0.15, 0.2) is 91.1 Å². The topological polar surface area (TPSA) is 132 Å². The van der Waals surface area contributed by atoms with Crippen LogP contribution in [0.25, 0.3) is 22.0 Å². The number of nitriles is 1. The van der Waals surface area contributed by atoms with Crippen molar-refractivity contribution in [2.45, 2.75) is 12.5 Å². The molecule has 4 aromatic carbocycles. The molecule has 0 bridgehead atoms. The summed E-state index contributed by atoms with van der Waals surface area (Å²) in [6, 6.07) is 21.6. The number of aliphatic carboxylic acids is 1. The minimum absolute atomic E-state index is 0.245. The Morgan fingerprint density at radius 1 is 0.909 bits per heavy atom. The van der Waals surface area contributed by atoms with Crippen LogP contribution in [0.3, 0.4) is 0 Å². The number of fused-ring (bicyclic) bond motifs is 1. The van der Waals surface area contributed by atoms with Crippen LogP contribution in [0.1, 0.15) is 31.8 Å². The first-order valence-electron chi connectivity index (χ1n) is 13.1. The molecular weight excluding hydrogens is 590 g/mol. The van der Waals surface area contributed by atoms with E-state index in [0.717, 1.165) is 0 Å². The molecule has 1 aromatic heterocycles. The van der Waals surface area contributed by atoms with E-state index in [4.69, 9.17) is 16.9 Å². The predicted octanol–water partition coefficient (Wildman–Crippen LogP) is 6.38. The third-order valence-electron chi connectivity index (χ3n) is 6.84. The molecule has 8 nitrogen and oxygen atoms in total. The van der Waals surface area contributed by atoms with Crippen LogP contribution >= 0.6 is 11.6 Å². The Hall–Kier alpha value is -5.66. The summed E-state index contributed by atoms with van der Waals surface area (Å²) in [6.07, 6.45) is 1.31. The van der Waals surface area contributed by atoms with Crippen molar-refractivity contribution in [1.82, 2.24) is 10.3 Å². The molecule has 5 rings (SSSR count). The lowest BCUT2D eigenvalue weighted by Gasteiger charge is -2.18. The highest BCUT2D eigenvalue weighted by atomic mass is 35.5. The van der Waals surface area contributed by atoms with Gasteiger partial charge in [-0.05, 0) is 48.0 Å². The Morgan fingerprint density at radius 2 is 1.61 bits per heavy atom. The van der Waals surface area contributed by atoms with Crippen molar-refractivity contribution in [3.8, 4) is 17.2 Å². The SMILES string of the molecule is N#Cc1ccc(-c2ccc(CC(NC(=O)c3c(F)cc(C(=O)Nc4ccccc4)cc3F)C(=O)O)c3cccnc23)c(Cl)c1. The number of halogens is 3. The van der Waals surface area contributed by atoms with Crippen molar-refractivity contribution in [3.05, 3.63) is 130 Å². The van der Waals surface area contributed by atoms with Gasteiger partial charge in [-0.25, -0.2) is 13.6 Å². The fourth-order valence-corrected chi connectivity index (χ4v) is 5.01. The average Bonchev–Trinajstić information content (AvgIpc) is 3.01. The quantitative estimate of drug-likeness (QED) is 0.187. The first-order chi connectivity index (χ1) is 21.2. The van der Waals surface area contributed by atoms with Gasteiger partial charge < -0.3 is 15.7 Å². The predicted molar refractivity (Wildman–Crippen MR) is 160 cm³/mol. The number of carbonyl (C=O) groups excluding carboxylic acids is 2. The molecule has 44 heavy (non-hydrogen) atoms. The van der Waals surface area contributed by atoms with Gasteiger partial charge in [-0.2, -0.15) is 5.26 Å². The molecule has 0 spiro atoms. The van der Waals surface area contributed by atoms with E-state index in [1.807, 2.05) is 6.07 Å². The van der Waals surface area contributed by atoms with E-state index in [-0.39, 0.29) is 12.0 Å². The van der Waals surface area contributed by atoms with E-state index in [1.54, 1.807) is 72.9 Å². The second kappa shape index (κ2) is 12.7. The molecule has 1 atom stereocenters. The van der Waals surface area contributed by atoms with Crippen LogP contribution in [0.5, 0.6) is 0 Å². The van der Waals surface area contributed by atoms with Gasteiger partial charge in [-0.3, -0.25) is 14.6 Å². The second-order valence-corrected chi connectivity index (χ2v) is 10.1. The molecule has 5 aromatic rings. The van der Waals surface area contributed by atoms with Crippen molar-refractivity contribution < 1.29 is 28.3 Å². The summed E-state index contributed by atoms with van der Waals surface area (Å²) in [5.41, 5.74) is 1.62. The number of aromatic nitrogens is 1. The summed E-state index contributed by atoms with van der Waals surface area (Å²) in [6.45, 7) is 0.